The zero-order chi connectivity index (χ0) is 9.26. The number of benzene rings is 1. The zero-order valence-electron chi connectivity index (χ0n) is 8.04. The van der Waals surface area contributed by atoms with Crippen molar-refractivity contribution >= 4 is 10.8 Å². The third-order valence-corrected chi connectivity index (χ3v) is 2.33. The number of hydrogen-bond donors (Lipinski definition) is 0. The highest BCUT2D eigenvalue weighted by Crippen LogP contribution is 2.16. The van der Waals surface area contributed by atoms with E-state index in [1.807, 2.05) is 13.1 Å². The lowest BCUT2D eigenvalue weighted by Crippen LogP contribution is -1.83. The Morgan fingerprint density at radius 1 is 1.15 bits per heavy atom. The summed E-state index contributed by atoms with van der Waals surface area (Å²) in [5, 5.41) is 2.52. The van der Waals surface area contributed by atoms with Crippen LogP contribution in [0.3, 0.4) is 0 Å². The summed E-state index contributed by atoms with van der Waals surface area (Å²) in [7, 11) is 0. The van der Waals surface area contributed by atoms with Gasteiger partial charge in [0, 0.05) is 17.3 Å². The molecule has 0 unspecified atom stereocenters. The summed E-state index contributed by atoms with van der Waals surface area (Å²) in [6.07, 6.45) is 3.04. The first kappa shape index (κ1) is 8.24. The van der Waals surface area contributed by atoms with Gasteiger partial charge in [0.1, 0.15) is 0 Å². The van der Waals surface area contributed by atoms with E-state index in [0.29, 0.717) is 0 Å². The van der Waals surface area contributed by atoms with E-state index in [9.17, 15) is 0 Å². The van der Waals surface area contributed by atoms with Crippen LogP contribution in [0.1, 0.15) is 18.2 Å². The van der Waals surface area contributed by atoms with Crippen molar-refractivity contribution in [1.82, 2.24) is 4.98 Å². The molecule has 66 valence electrons. The van der Waals surface area contributed by atoms with Crippen molar-refractivity contribution in [3.8, 4) is 0 Å². The Morgan fingerprint density at radius 2 is 2.00 bits per heavy atom. The van der Waals surface area contributed by atoms with E-state index >= 15 is 0 Å². The van der Waals surface area contributed by atoms with E-state index in [1.54, 1.807) is 0 Å². The van der Waals surface area contributed by atoms with Gasteiger partial charge in [-0.05, 0) is 36.4 Å². The molecule has 0 aliphatic heterocycles. The second kappa shape index (κ2) is 3.17. The quantitative estimate of drug-likeness (QED) is 0.642. The van der Waals surface area contributed by atoms with Crippen LogP contribution in [-0.2, 0) is 6.42 Å². The Kier molecular flexibility index (Phi) is 2.01. The lowest BCUT2D eigenvalue weighted by Gasteiger charge is -2.01. The molecule has 2 rings (SSSR count). The Hall–Kier alpha value is -1.37. The van der Waals surface area contributed by atoms with Gasteiger partial charge >= 0.3 is 0 Å². The second-order valence-electron chi connectivity index (χ2n) is 3.36. The molecular formula is C12H13N. The number of fused-ring (bicyclic) bond motifs is 1. The summed E-state index contributed by atoms with van der Waals surface area (Å²) < 4.78 is 0. The molecule has 1 heteroatoms. The van der Waals surface area contributed by atoms with Gasteiger partial charge in [0.2, 0.25) is 0 Å². The molecule has 13 heavy (non-hydrogen) atoms. The summed E-state index contributed by atoms with van der Waals surface area (Å²) in [4.78, 5) is 4.28. The van der Waals surface area contributed by atoms with Crippen molar-refractivity contribution in [1.29, 1.82) is 0 Å². The van der Waals surface area contributed by atoms with E-state index in [-0.39, 0.29) is 0 Å². The maximum Gasteiger partial charge on any atom is 0.0379 e. The average Bonchev–Trinajstić information content (AvgIpc) is 2.17. The molecule has 0 aliphatic rings. The molecule has 1 aromatic carbocycles. The topological polar surface area (TPSA) is 12.9 Å². The van der Waals surface area contributed by atoms with Crippen molar-refractivity contribution in [2.45, 2.75) is 20.3 Å². The van der Waals surface area contributed by atoms with Crippen LogP contribution >= 0.6 is 0 Å². The SMILES string of the molecule is CCc1ccc2cc(C)ncc2c1. The van der Waals surface area contributed by atoms with E-state index in [0.717, 1.165) is 12.1 Å². The lowest BCUT2D eigenvalue weighted by molar-refractivity contribution is 1.14. The minimum absolute atomic E-state index is 1.08. The molecule has 0 saturated heterocycles. The summed E-state index contributed by atoms with van der Waals surface area (Å²) in [5.74, 6) is 0. The number of aryl methyl sites for hydroxylation is 2. The molecule has 0 N–H and O–H groups in total. The van der Waals surface area contributed by atoms with E-state index < -0.39 is 0 Å². The molecule has 0 radical (unpaired) electrons. The standard InChI is InChI=1S/C12H13N/c1-3-10-4-5-11-6-9(2)13-8-12(11)7-10/h4-8H,3H2,1-2H3. The molecule has 1 nitrogen and oxygen atoms in total. The average molecular weight is 171 g/mol. The number of aromatic nitrogens is 1. The Bertz CT molecular complexity index is 432. The predicted octanol–water partition coefficient (Wildman–Crippen LogP) is 3.11. The first-order valence-corrected chi connectivity index (χ1v) is 4.65. The van der Waals surface area contributed by atoms with Crippen LogP contribution in [0.5, 0.6) is 0 Å². The molecular weight excluding hydrogens is 158 g/mol. The van der Waals surface area contributed by atoms with Crippen LogP contribution < -0.4 is 0 Å². The maximum absolute atomic E-state index is 4.28. The van der Waals surface area contributed by atoms with E-state index in [2.05, 4.69) is 36.2 Å². The third kappa shape index (κ3) is 1.55. The summed E-state index contributed by atoms with van der Waals surface area (Å²) in [6, 6.07) is 8.68. The second-order valence-corrected chi connectivity index (χ2v) is 3.36. The van der Waals surface area contributed by atoms with Gasteiger partial charge in [0.25, 0.3) is 0 Å². The van der Waals surface area contributed by atoms with Crippen molar-refractivity contribution < 1.29 is 0 Å². The Labute approximate surface area is 78.4 Å². The van der Waals surface area contributed by atoms with Crippen LogP contribution in [0, 0.1) is 6.92 Å². The van der Waals surface area contributed by atoms with Crippen LogP contribution in [0.2, 0.25) is 0 Å². The van der Waals surface area contributed by atoms with Gasteiger partial charge in [-0.2, -0.15) is 0 Å². The first-order valence-electron chi connectivity index (χ1n) is 4.65. The van der Waals surface area contributed by atoms with E-state index in [4.69, 9.17) is 0 Å². The first-order chi connectivity index (χ1) is 6.29. The number of rotatable bonds is 1. The van der Waals surface area contributed by atoms with E-state index in [1.165, 1.54) is 16.3 Å². The number of pyridine rings is 1. The van der Waals surface area contributed by atoms with Gasteiger partial charge in [0.15, 0.2) is 0 Å². The number of hydrogen-bond acceptors (Lipinski definition) is 1. The number of nitrogens with zero attached hydrogens (tertiary/aromatic N) is 1. The largest absolute Gasteiger partial charge is 0.261 e. The summed E-state index contributed by atoms with van der Waals surface area (Å²) in [5.41, 5.74) is 2.45. The zero-order valence-corrected chi connectivity index (χ0v) is 8.04. The van der Waals surface area contributed by atoms with Crippen molar-refractivity contribution in [2.75, 3.05) is 0 Å². The fourth-order valence-corrected chi connectivity index (χ4v) is 1.52. The molecule has 1 heterocycles. The minimum atomic E-state index is 1.08. The lowest BCUT2D eigenvalue weighted by atomic mass is 10.1. The summed E-state index contributed by atoms with van der Waals surface area (Å²) >= 11 is 0. The highest BCUT2D eigenvalue weighted by Gasteiger charge is 1.95. The van der Waals surface area contributed by atoms with Crippen molar-refractivity contribution in [2.24, 2.45) is 0 Å². The van der Waals surface area contributed by atoms with Gasteiger partial charge in [-0.15, -0.1) is 0 Å². The molecule has 0 saturated carbocycles. The highest BCUT2D eigenvalue weighted by atomic mass is 14.6. The molecule has 0 amide bonds. The van der Waals surface area contributed by atoms with Crippen molar-refractivity contribution in [3.63, 3.8) is 0 Å². The van der Waals surface area contributed by atoms with Gasteiger partial charge in [-0.25, -0.2) is 0 Å². The maximum atomic E-state index is 4.28. The predicted molar refractivity (Wildman–Crippen MR) is 55.9 cm³/mol. The molecule has 0 aliphatic carbocycles. The Balaban J connectivity index is 2.66. The van der Waals surface area contributed by atoms with Gasteiger partial charge in [-0.3, -0.25) is 4.98 Å². The normalized spacial score (nSPS) is 10.6. The molecule has 0 atom stereocenters. The molecule has 1 aromatic heterocycles. The fraction of sp³-hybridized carbons (Fsp3) is 0.250. The van der Waals surface area contributed by atoms with Crippen LogP contribution in [0.15, 0.2) is 30.5 Å². The molecule has 0 fully saturated rings. The van der Waals surface area contributed by atoms with Gasteiger partial charge in [-0.1, -0.05) is 19.1 Å². The third-order valence-electron chi connectivity index (χ3n) is 2.33. The fourth-order valence-electron chi connectivity index (χ4n) is 1.52. The summed E-state index contributed by atoms with van der Waals surface area (Å²) in [6.45, 7) is 4.19. The van der Waals surface area contributed by atoms with Gasteiger partial charge in [0.05, 0.1) is 0 Å². The highest BCUT2D eigenvalue weighted by molar-refractivity contribution is 5.82. The van der Waals surface area contributed by atoms with Gasteiger partial charge < -0.3 is 0 Å². The van der Waals surface area contributed by atoms with Crippen LogP contribution in [0.25, 0.3) is 10.8 Å². The minimum Gasteiger partial charge on any atom is -0.261 e. The molecule has 0 bridgehead atoms. The van der Waals surface area contributed by atoms with Crippen molar-refractivity contribution in [3.05, 3.63) is 41.7 Å². The smallest absolute Gasteiger partial charge is 0.0379 e. The van der Waals surface area contributed by atoms with Crippen LogP contribution in [0.4, 0.5) is 0 Å². The molecule has 0 spiro atoms. The monoisotopic (exact) mass is 171 g/mol. The molecule has 2 aromatic rings. The van der Waals surface area contributed by atoms with Crippen LogP contribution in [-0.4, -0.2) is 4.98 Å². The Morgan fingerprint density at radius 3 is 2.77 bits per heavy atom.